The first-order valence-electron chi connectivity index (χ1n) is 8.42. The van der Waals surface area contributed by atoms with E-state index in [2.05, 4.69) is 10.6 Å². The minimum absolute atomic E-state index is 0.188. The van der Waals surface area contributed by atoms with Crippen molar-refractivity contribution in [3.8, 4) is 0 Å². The van der Waals surface area contributed by atoms with E-state index in [-0.39, 0.29) is 11.8 Å². The Bertz CT molecular complexity index is 772. The van der Waals surface area contributed by atoms with Gasteiger partial charge in [-0.05, 0) is 42.3 Å². The van der Waals surface area contributed by atoms with E-state index >= 15 is 0 Å². The number of carbonyl (C=O) groups is 3. The Kier molecular flexibility index (Phi) is 6.49. The quantitative estimate of drug-likeness (QED) is 0.712. The maximum Gasteiger partial charge on any atom is 0.326 e. The molecule has 2 aromatic carbocycles. The number of carbonyl (C=O) groups excluding carboxylic acids is 2. The van der Waals surface area contributed by atoms with Gasteiger partial charge in [-0.3, -0.25) is 9.59 Å². The van der Waals surface area contributed by atoms with E-state index in [9.17, 15) is 19.5 Å². The third-order valence-electron chi connectivity index (χ3n) is 4.21. The van der Waals surface area contributed by atoms with Gasteiger partial charge in [0, 0.05) is 16.8 Å². The van der Waals surface area contributed by atoms with Crippen LogP contribution in [0.3, 0.4) is 0 Å². The van der Waals surface area contributed by atoms with Crippen LogP contribution in [-0.2, 0) is 4.79 Å². The molecule has 0 fully saturated rings. The minimum Gasteiger partial charge on any atom is -0.480 e. The largest absolute Gasteiger partial charge is 0.480 e. The monoisotopic (exact) mass is 354 g/mol. The molecule has 0 spiro atoms. The number of para-hydroxylation sites is 1. The number of amides is 2. The van der Waals surface area contributed by atoms with Crippen molar-refractivity contribution < 1.29 is 19.5 Å². The highest BCUT2D eigenvalue weighted by atomic mass is 16.4. The third-order valence-corrected chi connectivity index (χ3v) is 4.21. The predicted octanol–water partition coefficient (Wildman–Crippen LogP) is 3.17. The van der Waals surface area contributed by atoms with Gasteiger partial charge in [-0.2, -0.15) is 0 Å². The number of carboxylic acid groups (broad SMARTS) is 1. The summed E-state index contributed by atoms with van der Waals surface area (Å²) in [4.78, 5) is 35.8. The first kappa shape index (κ1) is 19.2. The van der Waals surface area contributed by atoms with Gasteiger partial charge < -0.3 is 15.7 Å². The molecule has 2 atom stereocenters. The molecule has 2 amide bonds. The maximum atomic E-state index is 12.3. The summed E-state index contributed by atoms with van der Waals surface area (Å²) in [6.07, 6.45) is 0.635. The van der Waals surface area contributed by atoms with Gasteiger partial charge >= 0.3 is 5.97 Å². The Hall–Kier alpha value is -3.15. The van der Waals surface area contributed by atoms with Crippen LogP contribution in [0.15, 0.2) is 54.6 Å². The second kappa shape index (κ2) is 8.80. The number of benzene rings is 2. The summed E-state index contributed by atoms with van der Waals surface area (Å²) in [5, 5.41) is 14.6. The smallest absolute Gasteiger partial charge is 0.326 e. The maximum absolute atomic E-state index is 12.3. The number of rotatable bonds is 7. The molecule has 136 valence electrons. The molecule has 0 aliphatic carbocycles. The van der Waals surface area contributed by atoms with Crippen molar-refractivity contribution in [3.63, 3.8) is 0 Å². The number of anilines is 1. The van der Waals surface area contributed by atoms with E-state index in [1.54, 1.807) is 19.1 Å². The molecule has 3 N–H and O–H groups in total. The Labute approximate surface area is 152 Å². The predicted molar refractivity (Wildman–Crippen MR) is 99.2 cm³/mol. The first-order chi connectivity index (χ1) is 12.4. The van der Waals surface area contributed by atoms with Gasteiger partial charge in [-0.15, -0.1) is 0 Å². The van der Waals surface area contributed by atoms with Crippen LogP contribution in [0.2, 0.25) is 0 Å². The topological polar surface area (TPSA) is 95.5 Å². The average molecular weight is 354 g/mol. The highest BCUT2D eigenvalue weighted by molar-refractivity contribution is 6.05. The molecule has 0 radical (unpaired) electrons. The number of hydrogen-bond acceptors (Lipinski definition) is 3. The van der Waals surface area contributed by atoms with Gasteiger partial charge in [0.15, 0.2) is 0 Å². The molecule has 2 rings (SSSR count). The lowest BCUT2D eigenvalue weighted by Gasteiger charge is -2.20. The number of carboxylic acids is 1. The molecule has 2 aromatic rings. The molecule has 0 heterocycles. The second-order valence-electron chi connectivity index (χ2n) is 6.07. The molecule has 6 nitrogen and oxygen atoms in total. The minimum atomic E-state index is -1.06. The summed E-state index contributed by atoms with van der Waals surface area (Å²) in [7, 11) is 0. The van der Waals surface area contributed by atoms with E-state index in [1.165, 1.54) is 24.3 Å². The van der Waals surface area contributed by atoms with Crippen LogP contribution >= 0.6 is 0 Å². The van der Waals surface area contributed by atoms with Crippen molar-refractivity contribution in [2.75, 3.05) is 5.32 Å². The lowest BCUT2D eigenvalue weighted by molar-refractivity contribution is -0.140. The van der Waals surface area contributed by atoms with Gasteiger partial charge in [0.2, 0.25) is 0 Å². The summed E-state index contributed by atoms with van der Waals surface area (Å²) < 4.78 is 0. The number of aliphatic carboxylic acids is 1. The van der Waals surface area contributed by atoms with Crippen LogP contribution in [0, 0.1) is 5.92 Å². The van der Waals surface area contributed by atoms with Crippen LogP contribution < -0.4 is 10.6 Å². The summed E-state index contributed by atoms with van der Waals surface area (Å²) in [5.74, 6) is -2.02. The Morgan fingerprint density at radius 3 is 1.96 bits per heavy atom. The molecule has 0 aliphatic rings. The summed E-state index contributed by atoms with van der Waals surface area (Å²) >= 11 is 0. The Morgan fingerprint density at radius 2 is 1.46 bits per heavy atom. The van der Waals surface area contributed by atoms with Crippen LogP contribution in [0.4, 0.5) is 5.69 Å². The van der Waals surface area contributed by atoms with Gasteiger partial charge in [0.05, 0.1) is 0 Å². The lowest BCUT2D eigenvalue weighted by Crippen LogP contribution is -2.45. The molecule has 0 bridgehead atoms. The summed E-state index contributed by atoms with van der Waals surface area (Å²) in [5.41, 5.74) is 1.38. The number of hydrogen-bond donors (Lipinski definition) is 3. The van der Waals surface area contributed by atoms with Gasteiger partial charge in [0.25, 0.3) is 11.8 Å². The van der Waals surface area contributed by atoms with Gasteiger partial charge in [-0.1, -0.05) is 38.5 Å². The molecule has 0 unspecified atom stereocenters. The lowest BCUT2D eigenvalue weighted by atomic mass is 9.99. The standard InChI is InChI=1S/C20H22N2O4/c1-3-13(2)17(20(25)26)22-19(24)15-11-9-14(10-12-15)18(23)21-16-7-5-4-6-8-16/h4-13,17H,3H2,1-2H3,(H,21,23)(H,22,24)(H,25,26)/t13-,17-/m0/s1. The SMILES string of the molecule is CC[C@H](C)[C@H](NC(=O)c1ccc(C(=O)Nc2ccccc2)cc1)C(=O)O. The highest BCUT2D eigenvalue weighted by Crippen LogP contribution is 2.12. The zero-order valence-corrected chi connectivity index (χ0v) is 14.7. The molecule has 0 saturated carbocycles. The number of nitrogens with one attached hydrogen (secondary N) is 2. The Balaban J connectivity index is 2.05. The van der Waals surface area contributed by atoms with E-state index in [4.69, 9.17) is 0 Å². The molecule has 0 saturated heterocycles. The van der Waals surface area contributed by atoms with Crippen molar-refractivity contribution in [1.29, 1.82) is 0 Å². The van der Waals surface area contributed by atoms with Crippen molar-refractivity contribution in [2.24, 2.45) is 5.92 Å². The fraction of sp³-hybridized carbons (Fsp3) is 0.250. The molecule has 0 aromatic heterocycles. The van der Waals surface area contributed by atoms with E-state index in [0.717, 1.165) is 0 Å². The molecular formula is C20H22N2O4. The molecular weight excluding hydrogens is 332 g/mol. The van der Waals surface area contributed by atoms with Gasteiger partial charge in [0.1, 0.15) is 6.04 Å². The summed E-state index contributed by atoms with van der Waals surface area (Å²) in [6, 6.07) is 14.2. The fourth-order valence-corrected chi connectivity index (χ4v) is 2.41. The zero-order chi connectivity index (χ0) is 19.1. The van der Waals surface area contributed by atoms with Crippen LogP contribution in [0.25, 0.3) is 0 Å². The summed E-state index contributed by atoms with van der Waals surface area (Å²) in [6.45, 7) is 3.64. The normalized spacial score (nSPS) is 12.7. The van der Waals surface area contributed by atoms with Crippen LogP contribution in [-0.4, -0.2) is 28.9 Å². The van der Waals surface area contributed by atoms with Crippen LogP contribution in [0.5, 0.6) is 0 Å². The van der Waals surface area contributed by atoms with Crippen molar-refractivity contribution in [1.82, 2.24) is 5.32 Å². The zero-order valence-electron chi connectivity index (χ0n) is 14.7. The van der Waals surface area contributed by atoms with Crippen molar-refractivity contribution in [2.45, 2.75) is 26.3 Å². The fourth-order valence-electron chi connectivity index (χ4n) is 2.41. The van der Waals surface area contributed by atoms with E-state index in [1.807, 2.05) is 25.1 Å². The second-order valence-corrected chi connectivity index (χ2v) is 6.07. The van der Waals surface area contributed by atoms with E-state index < -0.39 is 17.9 Å². The Morgan fingerprint density at radius 1 is 0.923 bits per heavy atom. The molecule has 6 heteroatoms. The molecule has 26 heavy (non-hydrogen) atoms. The molecule has 0 aliphatic heterocycles. The van der Waals surface area contributed by atoms with Crippen molar-refractivity contribution >= 4 is 23.5 Å². The first-order valence-corrected chi connectivity index (χ1v) is 8.42. The van der Waals surface area contributed by atoms with Crippen molar-refractivity contribution in [3.05, 3.63) is 65.7 Å². The third kappa shape index (κ3) is 4.92. The van der Waals surface area contributed by atoms with E-state index in [0.29, 0.717) is 23.2 Å². The average Bonchev–Trinajstić information content (AvgIpc) is 2.66. The van der Waals surface area contributed by atoms with Gasteiger partial charge in [-0.25, -0.2) is 4.79 Å². The highest BCUT2D eigenvalue weighted by Gasteiger charge is 2.25. The van der Waals surface area contributed by atoms with Crippen LogP contribution in [0.1, 0.15) is 41.0 Å².